The molecule has 2 amide bonds. The van der Waals surface area contributed by atoms with E-state index in [0.29, 0.717) is 19.0 Å². The molecule has 15 heavy (non-hydrogen) atoms. The van der Waals surface area contributed by atoms with Gasteiger partial charge in [-0.25, -0.2) is 9.78 Å². The van der Waals surface area contributed by atoms with Crippen LogP contribution < -0.4 is 5.32 Å². The molecule has 0 aliphatic heterocycles. The lowest BCUT2D eigenvalue weighted by atomic mass is 10.4. The standard InChI is InChI=1S/C10H17N3O2/c1-4-8-6-11-9(15-8)7-12-10(14)13(3)5-2/h6H,4-5,7H2,1-3H3,(H,12,14). The number of carbonyl (C=O) groups is 1. The Morgan fingerprint density at radius 3 is 2.87 bits per heavy atom. The Balaban J connectivity index is 2.40. The molecule has 0 unspecified atom stereocenters. The number of hydrogen-bond acceptors (Lipinski definition) is 3. The van der Waals surface area contributed by atoms with E-state index in [0.717, 1.165) is 12.2 Å². The quantitative estimate of drug-likeness (QED) is 0.819. The van der Waals surface area contributed by atoms with Gasteiger partial charge < -0.3 is 14.6 Å². The maximum absolute atomic E-state index is 11.4. The van der Waals surface area contributed by atoms with Crippen LogP contribution in [0.3, 0.4) is 0 Å². The van der Waals surface area contributed by atoms with Crippen LogP contribution in [0.2, 0.25) is 0 Å². The molecule has 0 saturated heterocycles. The van der Waals surface area contributed by atoms with Gasteiger partial charge in [-0.05, 0) is 6.92 Å². The van der Waals surface area contributed by atoms with E-state index in [1.807, 2.05) is 13.8 Å². The van der Waals surface area contributed by atoms with Crippen LogP contribution in [0.4, 0.5) is 4.79 Å². The number of oxazole rings is 1. The van der Waals surface area contributed by atoms with E-state index < -0.39 is 0 Å². The largest absolute Gasteiger partial charge is 0.444 e. The van der Waals surface area contributed by atoms with Gasteiger partial charge in [-0.15, -0.1) is 0 Å². The zero-order valence-corrected chi connectivity index (χ0v) is 9.41. The van der Waals surface area contributed by atoms with Crippen LogP contribution in [0.15, 0.2) is 10.6 Å². The summed E-state index contributed by atoms with van der Waals surface area (Å²) in [6.07, 6.45) is 2.50. The van der Waals surface area contributed by atoms with Crippen molar-refractivity contribution in [3.63, 3.8) is 0 Å². The molecule has 0 saturated carbocycles. The summed E-state index contributed by atoms with van der Waals surface area (Å²) in [5.74, 6) is 1.38. The maximum Gasteiger partial charge on any atom is 0.317 e. The highest BCUT2D eigenvalue weighted by Gasteiger charge is 2.07. The fraction of sp³-hybridized carbons (Fsp3) is 0.600. The Labute approximate surface area is 89.5 Å². The van der Waals surface area contributed by atoms with E-state index in [4.69, 9.17) is 4.42 Å². The number of nitrogens with one attached hydrogen (secondary N) is 1. The molecule has 1 heterocycles. The van der Waals surface area contributed by atoms with Gasteiger partial charge in [-0.2, -0.15) is 0 Å². The summed E-state index contributed by atoms with van der Waals surface area (Å²) < 4.78 is 5.35. The first-order chi connectivity index (χ1) is 7.17. The van der Waals surface area contributed by atoms with Crippen molar-refractivity contribution in [1.82, 2.24) is 15.2 Å². The Kier molecular flexibility index (Phi) is 4.15. The van der Waals surface area contributed by atoms with Crippen LogP contribution in [0.25, 0.3) is 0 Å². The van der Waals surface area contributed by atoms with Gasteiger partial charge in [0.25, 0.3) is 0 Å². The van der Waals surface area contributed by atoms with Crippen LogP contribution in [0, 0.1) is 0 Å². The van der Waals surface area contributed by atoms with E-state index in [9.17, 15) is 4.79 Å². The summed E-state index contributed by atoms with van der Waals surface area (Å²) in [5, 5.41) is 2.72. The summed E-state index contributed by atoms with van der Waals surface area (Å²) in [7, 11) is 1.74. The van der Waals surface area contributed by atoms with Crippen molar-refractivity contribution in [2.75, 3.05) is 13.6 Å². The van der Waals surface area contributed by atoms with Crippen molar-refractivity contribution in [3.05, 3.63) is 17.8 Å². The molecule has 0 aliphatic carbocycles. The van der Waals surface area contributed by atoms with E-state index in [2.05, 4.69) is 10.3 Å². The molecule has 0 fully saturated rings. The molecular formula is C10H17N3O2. The molecule has 5 nitrogen and oxygen atoms in total. The van der Waals surface area contributed by atoms with Gasteiger partial charge in [0.1, 0.15) is 5.76 Å². The van der Waals surface area contributed by atoms with Crippen molar-refractivity contribution in [2.24, 2.45) is 0 Å². The van der Waals surface area contributed by atoms with E-state index in [1.54, 1.807) is 18.1 Å². The third kappa shape index (κ3) is 3.27. The van der Waals surface area contributed by atoms with Crippen LogP contribution in [0.5, 0.6) is 0 Å². The zero-order valence-electron chi connectivity index (χ0n) is 9.41. The fourth-order valence-electron chi connectivity index (χ4n) is 1.02. The monoisotopic (exact) mass is 211 g/mol. The Bertz CT molecular complexity index is 322. The third-order valence-electron chi connectivity index (χ3n) is 2.16. The lowest BCUT2D eigenvalue weighted by molar-refractivity contribution is 0.209. The van der Waals surface area contributed by atoms with Gasteiger partial charge in [0.05, 0.1) is 12.7 Å². The number of nitrogens with zero attached hydrogens (tertiary/aromatic N) is 2. The number of carbonyl (C=O) groups excluding carboxylic acids is 1. The lowest BCUT2D eigenvalue weighted by Crippen LogP contribution is -2.36. The summed E-state index contributed by atoms with van der Waals surface area (Å²) in [5.41, 5.74) is 0. The third-order valence-corrected chi connectivity index (χ3v) is 2.16. The van der Waals surface area contributed by atoms with Gasteiger partial charge in [-0.3, -0.25) is 0 Å². The first-order valence-corrected chi connectivity index (χ1v) is 5.09. The second kappa shape index (κ2) is 5.38. The molecule has 5 heteroatoms. The molecule has 0 aliphatic rings. The van der Waals surface area contributed by atoms with E-state index >= 15 is 0 Å². The van der Waals surface area contributed by atoms with E-state index in [1.165, 1.54) is 0 Å². The highest BCUT2D eigenvalue weighted by molar-refractivity contribution is 5.73. The number of urea groups is 1. The molecule has 1 aromatic heterocycles. The molecule has 0 spiro atoms. The van der Waals surface area contributed by atoms with Crippen LogP contribution in [-0.4, -0.2) is 29.5 Å². The average Bonchev–Trinajstić information content (AvgIpc) is 2.72. The van der Waals surface area contributed by atoms with Crippen LogP contribution in [0.1, 0.15) is 25.5 Å². The number of rotatable bonds is 4. The van der Waals surface area contributed by atoms with Crippen LogP contribution >= 0.6 is 0 Å². The second-order valence-electron chi connectivity index (χ2n) is 3.25. The predicted molar refractivity (Wildman–Crippen MR) is 56.4 cm³/mol. The topological polar surface area (TPSA) is 58.4 Å². The molecule has 1 rings (SSSR count). The van der Waals surface area contributed by atoms with Gasteiger partial charge in [0.2, 0.25) is 5.89 Å². The van der Waals surface area contributed by atoms with Crippen molar-refractivity contribution in [3.8, 4) is 0 Å². The Morgan fingerprint density at radius 2 is 2.33 bits per heavy atom. The highest BCUT2D eigenvalue weighted by atomic mass is 16.4. The molecule has 0 radical (unpaired) electrons. The summed E-state index contributed by atoms with van der Waals surface area (Å²) >= 11 is 0. The van der Waals surface area contributed by atoms with Crippen LogP contribution in [-0.2, 0) is 13.0 Å². The minimum atomic E-state index is -0.117. The SMILES string of the molecule is CCc1cnc(CNC(=O)N(C)CC)o1. The normalized spacial score (nSPS) is 10.1. The number of hydrogen-bond donors (Lipinski definition) is 1. The number of aryl methyl sites for hydroxylation is 1. The molecular weight excluding hydrogens is 194 g/mol. The molecule has 0 bridgehead atoms. The minimum Gasteiger partial charge on any atom is -0.444 e. The Hall–Kier alpha value is -1.52. The molecule has 1 N–H and O–H groups in total. The minimum absolute atomic E-state index is 0.117. The maximum atomic E-state index is 11.4. The molecule has 84 valence electrons. The van der Waals surface area contributed by atoms with Crippen molar-refractivity contribution in [1.29, 1.82) is 0 Å². The molecule has 0 atom stereocenters. The zero-order chi connectivity index (χ0) is 11.3. The van der Waals surface area contributed by atoms with Crippen molar-refractivity contribution in [2.45, 2.75) is 26.8 Å². The summed E-state index contributed by atoms with van der Waals surface area (Å²) in [4.78, 5) is 17.0. The first kappa shape index (κ1) is 11.6. The van der Waals surface area contributed by atoms with Crippen molar-refractivity contribution < 1.29 is 9.21 Å². The lowest BCUT2D eigenvalue weighted by Gasteiger charge is -2.14. The first-order valence-electron chi connectivity index (χ1n) is 5.09. The van der Waals surface area contributed by atoms with Gasteiger partial charge in [0, 0.05) is 20.0 Å². The number of amides is 2. The van der Waals surface area contributed by atoms with Crippen molar-refractivity contribution >= 4 is 6.03 Å². The number of aromatic nitrogens is 1. The molecule has 1 aromatic rings. The highest BCUT2D eigenvalue weighted by Crippen LogP contribution is 2.03. The predicted octanol–water partition coefficient (Wildman–Crippen LogP) is 1.40. The average molecular weight is 211 g/mol. The van der Waals surface area contributed by atoms with Gasteiger partial charge >= 0.3 is 6.03 Å². The summed E-state index contributed by atoms with van der Waals surface area (Å²) in [6, 6.07) is -0.117. The second-order valence-corrected chi connectivity index (χ2v) is 3.25. The van der Waals surface area contributed by atoms with Gasteiger partial charge in [-0.1, -0.05) is 6.92 Å². The summed E-state index contributed by atoms with van der Waals surface area (Å²) in [6.45, 7) is 4.93. The Morgan fingerprint density at radius 1 is 1.60 bits per heavy atom. The van der Waals surface area contributed by atoms with Gasteiger partial charge in [0.15, 0.2) is 0 Å². The van der Waals surface area contributed by atoms with E-state index in [-0.39, 0.29) is 6.03 Å². The smallest absolute Gasteiger partial charge is 0.317 e. The fourth-order valence-corrected chi connectivity index (χ4v) is 1.02. The molecule has 0 aromatic carbocycles.